The van der Waals surface area contributed by atoms with Gasteiger partial charge < -0.3 is 11.1 Å². The Morgan fingerprint density at radius 3 is 2.93 bits per heavy atom. The number of nitrogens with two attached hydrogens (primary N) is 1. The van der Waals surface area contributed by atoms with Crippen LogP contribution in [0.15, 0.2) is 12.3 Å². The molecule has 4 nitrogen and oxygen atoms in total. The van der Waals surface area contributed by atoms with Gasteiger partial charge in [0, 0.05) is 6.20 Å². The van der Waals surface area contributed by atoms with Crippen LogP contribution in [-0.4, -0.2) is 15.5 Å². The maximum absolute atomic E-state index is 5.45. The van der Waals surface area contributed by atoms with Crippen molar-refractivity contribution in [2.75, 3.05) is 11.1 Å². The molecule has 0 spiro atoms. The smallest absolute Gasteiger partial charge is 0.221 e. The maximum atomic E-state index is 5.45. The Kier molecular flexibility index (Phi) is 2.92. The number of nitrogens with one attached hydrogen (secondary N) is 1. The topological polar surface area (TPSA) is 63.8 Å². The number of terminal acetylenes is 1. The summed E-state index contributed by atoms with van der Waals surface area (Å²) in [5.41, 5.74) is 5.06. The number of rotatable bonds is 3. The Labute approximate surface area is 83.9 Å². The molecule has 0 bridgehead atoms. The number of anilines is 2. The second-order valence-corrected chi connectivity index (χ2v) is 3.26. The molecule has 0 aliphatic heterocycles. The van der Waals surface area contributed by atoms with Crippen molar-refractivity contribution in [1.82, 2.24) is 9.97 Å². The highest BCUT2D eigenvalue weighted by Gasteiger charge is 2.18. The van der Waals surface area contributed by atoms with E-state index in [4.69, 9.17) is 12.2 Å². The predicted molar refractivity (Wildman–Crippen MR) is 57.6 cm³/mol. The molecule has 1 heterocycles. The molecule has 14 heavy (non-hydrogen) atoms. The molecule has 0 radical (unpaired) electrons. The van der Waals surface area contributed by atoms with E-state index in [0.717, 1.165) is 6.42 Å². The van der Waals surface area contributed by atoms with Crippen LogP contribution in [0.2, 0.25) is 0 Å². The summed E-state index contributed by atoms with van der Waals surface area (Å²) in [7, 11) is 0. The fourth-order valence-electron chi connectivity index (χ4n) is 0.953. The Morgan fingerprint density at radius 2 is 2.43 bits per heavy atom. The minimum absolute atomic E-state index is 0.241. The number of aromatic nitrogens is 2. The van der Waals surface area contributed by atoms with Crippen molar-refractivity contribution in [2.45, 2.75) is 25.8 Å². The molecule has 4 heteroatoms. The van der Waals surface area contributed by atoms with Crippen LogP contribution in [0.25, 0.3) is 0 Å². The van der Waals surface area contributed by atoms with Gasteiger partial charge in [0.15, 0.2) is 0 Å². The van der Waals surface area contributed by atoms with Gasteiger partial charge in [-0.15, -0.1) is 6.42 Å². The minimum atomic E-state index is -0.388. The fraction of sp³-hybridized carbons (Fsp3) is 0.400. The lowest BCUT2D eigenvalue weighted by atomic mass is 10.0. The largest absolute Gasteiger partial charge is 0.368 e. The molecule has 1 aromatic heterocycles. The molecular weight excluding hydrogens is 176 g/mol. The van der Waals surface area contributed by atoms with Crippen LogP contribution in [-0.2, 0) is 0 Å². The maximum Gasteiger partial charge on any atom is 0.221 e. The molecule has 0 aliphatic carbocycles. The molecule has 1 rings (SSSR count). The first-order chi connectivity index (χ1) is 6.59. The third kappa shape index (κ3) is 2.36. The van der Waals surface area contributed by atoms with Gasteiger partial charge in [-0.1, -0.05) is 12.8 Å². The summed E-state index contributed by atoms with van der Waals surface area (Å²) in [4.78, 5) is 7.81. The van der Waals surface area contributed by atoms with Gasteiger partial charge in [0.25, 0.3) is 0 Å². The van der Waals surface area contributed by atoms with E-state index in [2.05, 4.69) is 21.2 Å². The highest BCUT2D eigenvalue weighted by atomic mass is 15.1. The van der Waals surface area contributed by atoms with Gasteiger partial charge in [-0.05, 0) is 19.4 Å². The Hall–Kier alpha value is -1.76. The van der Waals surface area contributed by atoms with Crippen molar-refractivity contribution < 1.29 is 0 Å². The van der Waals surface area contributed by atoms with Crippen LogP contribution in [0.5, 0.6) is 0 Å². The zero-order valence-corrected chi connectivity index (χ0v) is 8.41. The lowest BCUT2D eigenvalue weighted by Gasteiger charge is -2.23. The van der Waals surface area contributed by atoms with E-state index in [-0.39, 0.29) is 11.5 Å². The third-order valence-electron chi connectivity index (χ3n) is 2.10. The molecule has 1 aromatic rings. The van der Waals surface area contributed by atoms with Gasteiger partial charge in [0.05, 0.1) is 5.54 Å². The van der Waals surface area contributed by atoms with Gasteiger partial charge in [0.1, 0.15) is 5.82 Å². The Balaban J connectivity index is 2.84. The van der Waals surface area contributed by atoms with Gasteiger partial charge in [-0.25, -0.2) is 4.98 Å². The van der Waals surface area contributed by atoms with Crippen molar-refractivity contribution in [1.29, 1.82) is 0 Å². The van der Waals surface area contributed by atoms with E-state index in [9.17, 15) is 0 Å². The highest BCUT2D eigenvalue weighted by molar-refractivity contribution is 5.42. The van der Waals surface area contributed by atoms with E-state index < -0.39 is 0 Å². The van der Waals surface area contributed by atoms with Crippen molar-refractivity contribution >= 4 is 11.8 Å². The van der Waals surface area contributed by atoms with Crippen molar-refractivity contribution in [3.63, 3.8) is 0 Å². The van der Waals surface area contributed by atoms with Crippen molar-refractivity contribution in [3.05, 3.63) is 12.3 Å². The predicted octanol–water partition coefficient (Wildman–Crippen LogP) is 1.27. The van der Waals surface area contributed by atoms with E-state index >= 15 is 0 Å². The summed E-state index contributed by atoms with van der Waals surface area (Å²) in [6.07, 6.45) is 7.82. The number of hydrogen-bond donors (Lipinski definition) is 2. The summed E-state index contributed by atoms with van der Waals surface area (Å²) in [6.45, 7) is 3.95. The van der Waals surface area contributed by atoms with Crippen molar-refractivity contribution in [3.8, 4) is 12.3 Å². The average Bonchev–Trinajstić information content (AvgIpc) is 2.18. The number of nitrogens with zero attached hydrogens (tertiary/aromatic N) is 2. The van der Waals surface area contributed by atoms with Crippen molar-refractivity contribution in [2.24, 2.45) is 0 Å². The zero-order valence-electron chi connectivity index (χ0n) is 8.41. The normalized spacial score (nSPS) is 14.1. The van der Waals surface area contributed by atoms with Crippen LogP contribution < -0.4 is 11.1 Å². The summed E-state index contributed by atoms with van der Waals surface area (Å²) in [6, 6.07) is 1.74. The van der Waals surface area contributed by atoms with E-state index in [1.54, 1.807) is 12.3 Å². The number of hydrogen-bond acceptors (Lipinski definition) is 4. The van der Waals surface area contributed by atoms with Crippen LogP contribution in [0.3, 0.4) is 0 Å². The molecule has 1 unspecified atom stereocenters. The van der Waals surface area contributed by atoms with E-state index in [0.29, 0.717) is 5.82 Å². The Morgan fingerprint density at radius 1 is 1.71 bits per heavy atom. The minimum Gasteiger partial charge on any atom is -0.368 e. The first-order valence-corrected chi connectivity index (χ1v) is 4.44. The monoisotopic (exact) mass is 190 g/mol. The van der Waals surface area contributed by atoms with Gasteiger partial charge in [0.2, 0.25) is 5.95 Å². The second-order valence-electron chi connectivity index (χ2n) is 3.26. The summed E-state index contributed by atoms with van der Waals surface area (Å²) < 4.78 is 0. The standard InChI is InChI=1S/C10H14N4/c1-4-10(3,5-2)14-8-6-7-12-9(11)13-8/h1,6-7H,5H2,2-3H3,(H3,11,12,13,14). The SMILES string of the molecule is C#CC(C)(CC)Nc1ccnc(N)n1. The third-order valence-corrected chi connectivity index (χ3v) is 2.10. The summed E-state index contributed by atoms with van der Waals surface area (Å²) >= 11 is 0. The highest BCUT2D eigenvalue weighted by Crippen LogP contribution is 2.15. The molecule has 0 amide bonds. The first kappa shape index (κ1) is 10.3. The lowest BCUT2D eigenvalue weighted by Crippen LogP contribution is -2.32. The molecule has 1 atom stereocenters. The summed E-state index contributed by atoms with van der Waals surface area (Å²) in [5, 5.41) is 3.13. The molecule has 0 aromatic carbocycles. The molecule has 3 N–H and O–H groups in total. The first-order valence-electron chi connectivity index (χ1n) is 4.44. The zero-order chi connectivity index (χ0) is 10.6. The number of nitrogen functional groups attached to an aromatic ring is 1. The Bertz CT molecular complexity index is 355. The van der Waals surface area contributed by atoms with Gasteiger partial charge in [-0.3, -0.25) is 0 Å². The van der Waals surface area contributed by atoms with Gasteiger partial charge >= 0.3 is 0 Å². The molecule has 0 saturated heterocycles. The van der Waals surface area contributed by atoms with Crippen LogP contribution in [0, 0.1) is 12.3 Å². The molecular formula is C10H14N4. The second kappa shape index (κ2) is 3.97. The van der Waals surface area contributed by atoms with E-state index in [1.807, 2.05) is 13.8 Å². The van der Waals surface area contributed by atoms with E-state index in [1.165, 1.54) is 0 Å². The van der Waals surface area contributed by atoms with Crippen LogP contribution in [0.1, 0.15) is 20.3 Å². The molecule has 0 fully saturated rings. The average molecular weight is 190 g/mol. The molecule has 0 saturated carbocycles. The summed E-state index contributed by atoms with van der Waals surface area (Å²) in [5.74, 6) is 3.58. The van der Waals surface area contributed by atoms with Crippen LogP contribution >= 0.6 is 0 Å². The quantitative estimate of drug-likeness (QED) is 0.704. The van der Waals surface area contributed by atoms with Crippen LogP contribution in [0.4, 0.5) is 11.8 Å². The molecule has 0 aliphatic rings. The fourth-order valence-corrected chi connectivity index (χ4v) is 0.953. The van der Waals surface area contributed by atoms with Gasteiger partial charge in [-0.2, -0.15) is 4.98 Å². The lowest BCUT2D eigenvalue weighted by molar-refractivity contribution is 0.632. The molecule has 74 valence electrons.